The highest BCUT2D eigenvalue weighted by Crippen LogP contribution is 2.21. The van der Waals surface area contributed by atoms with Gasteiger partial charge in [-0.1, -0.05) is 45.9 Å². The average molecular weight is 426 g/mol. The number of carbonyl (C=O) groups excluding carboxylic acids is 2. The van der Waals surface area contributed by atoms with E-state index in [2.05, 4.69) is 29.4 Å². The summed E-state index contributed by atoms with van der Waals surface area (Å²) in [6, 6.07) is 15.8. The summed E-state index contributed by atoms with van der Waals surface area (Å²) in [6.07, 6.45) is 0.581. The van der Waals surface area contributed by atoms with E-state index in [1.807, 2.05) is 44.2 Å². The van der Waals surface area contributed by atoms with Crippen molar-refractivity contribution < 1.29 is 14.3 Å². The smallest absolute Gasteiger partial charge is 0.251 e. The minimum absolute atomic E-state index is 0.141. The molecule has 0 radical (unpaired) electrons. The van der Waals surface area contributed by atoms with Crippen LogP contribution >= 0.6 is 0 Å². The van der Waals surface area contributed by atoms with Crippen LogP contribution in [0.25, 0.3) is 0 Å². The van der Waals surface area contributed by atoms with Crippen molar-refractivity contribution in [2.24, 2.45) is 5.92 Å². The molecule has 2 aromatic rings. The second-order valence-electron chi connectivity index (χ2n) is 7.91. The van der Waals surface area contributed by atoms with Crippen LogP contribution in [0.1, 0.15) is 44.5 Å². The zero-order valence-corrected chi connectivity index (χ0v) is 19.1. The molecule has 2 aromatic carbocycles. The van der Waals surface area contributed by atoms with Crippen LogP contribution in [0, 0.1) is 5.92 Å². The minimum Gasteiger partial charge on any atom is -0.457 e. The third-order valence-electron chi connectivity index (χ3n) is 5.05. The molecule has 6 heteroatoms. The quantitative estimate of drug-likeness (QED) is 0.538. The van der Waals surface area contributed by atoms with Gasteiger partial charge in [-0.3, -0.25) is 9.59 Å². The largest absolute Gasteiger partial charge is 0.457 e. The Kier molecular flexibility index (Phi) is 10.0. The van der Waals surface area contributed by atoms with Crippen molar-refractivity contribution >= 4 is 11.8 Å². The summed E-state index contributed by atoms with van der Waals surface area (Å²) >= 11 is 0. The van der Waals surface area contributed by atoms with E-state index in [-0.39, 0.29) is 17.7 Å². The maximum Gasteiger partial charge on any atom is 0.251 e. The lowest BCUT2D eigenvalue weighted by Crippen LogP contribution is -2.48. The Bertz CT molecular complexity index is 803. The van der Waals surface area contributed by atoms with Crippen LogP contribution in [-0.2, 0) is 4.79 Å². The van der Waals surface area contributed by atoms with Crippen LogP contribution in [-0.4, -0.2) is 48.9 Å². The second kappa shape index (κ2) is 12.7. The minimum atomic E-state index is -0.565. The van der Waals surface area contributed by atoms with Crippen molar-refractivity contribution in [1.29, 1.82) is 0 Å². The molecule has 0 heterocycles. The molecular formula is C25H35N3O3. The molecule has 0 saturated heterocycles. The fraction of sp³-hybridized carbons (Fsp3) is 0.440. The molecule has 1 atom stereocenters. The number of para-hydroxylation sites is 1. The number of ether oxygens (including phenoxy) is 1. The van der Waals surface area contributed by atoms with Gasteiger partial charge in [0.15, 0.2) is 0 Å². The first-order valence-electron chi connectivity index (χ1n) is 11.1. The van der Waals surface area contributed by atoms with Crippen LogP contribution in [0.3, 0.4) is 0 Å². The van der Waals surface area contributed by atoms with Gasteiger partial charge in [0.05, 0.1) is 0 Å². The molecular weight excluding hydrogens is 390 g/mol. The predicted molar refractivity (Wildman–Crippen MR) is 124 cm³/mol. The van der Waals surface area contributed by atoms with Gasteiger partial charge >= 0.3 is 0 Å². The Balaban J connectivity index is 1.95. The lowest BCUT2D eigenvalue weighted by Gasteiger charge is -2.22. The van der Waals surface area contributed by atoms with Gasteiger partial charge in [0, 0.05) is 18.7 Å². The third kappa shape index (κ3) is 8.42. The summed E-state index contributed by atoms with van der Waals surface area (Å²) in [5.41, 5.74) is 0.491. The monoisotopic (exact) mass is 425 g/mol. The zero-order valence-electron chi connectivity index (χ0n) is 19.1. The van der Waals surface area contributed by atoms with E-state index in [0.29, 0.717) is 24.3 Å². The Hall–Kier alpha value is -2.86. The summed E-state index contributed by atoms with van der Waals surface area (Å²) < 4.78 is 5.77. The molecule has 0 saturated carbocycles. The number of benzene rings is 2. The number of likely N-dealkylation sites (N-methyl/N-ethyl adjacent to an activating group) is 1. The van der Waals surface area contributed by atoms with Crippen molar-refractivity contribution in [3.8, 4) is 11.5 Å². The van der Waals surface area contributed by atoms with Crippen molar-refractivity contribution in [3.63, 3.8) is 0 Å². The van der Waals surface area contributed by atoms with E-state index < -0.39 is 6.04 Å². The Morgan fingerprint density at radius 1 is 0.935 bits per heavy atom. The predicted octanol–water partition coefficient (Wildman–Crippen LogP) is 4.08. The Labute approximate surface area is 186 Å². The molecule has 0 aliphatic heterocycles. The highest BCUT2D eigenvalue weighted by Gasteiger charge is 2.22. The van der Waals surface area contributed by atoms with Gasteiger partial charge < -0.3 is 20.3 Å². The van der Waals surface area contributed by atoms with Crippen molar-refractivity contribution in [2.75, 3.05) is 26.2 Å². The molecule has 0 aromatic heterocycles. The normalized spacial score (nSPS) is 11.9. The standard InChI is InChI=1S/C25H35N3O3/c1-5-28(6-2)17-16-26-25(30)23(18-19(3)4)27-24(29)20-12-14-22(15-13-20)31-21-10-8-7-9-11-21/h7-15,19,23H,5-6,16-18H2,1-4H3,(H,26,30)(H,27,29)/t23-/m0/s1. The fourth-order valence-corrected chi connectivity index (χ4v) is 3.24. The SMILES string of the molecule is CCN(CC)CCNC(=O)[C@H](CC(C)C)NC(=O)c1ccc(Oc2ccccc2)cc1. The molecule has 2 amide bonds. The number of rotatable bonds is 12. The van der Waals surface area contributed by atoms with Gasteiger partial charge in [-0.15, -0.1) is 0 Å². The van der Waals surface area contributed by atoms with Crippen LogP contribution in [0.5, 0.6) is 11.5 Å². The van der Waals surface area contributed by atoms with Gasteiger partial charge in [-0.2, -0.15) is 0 Å². The first-order valence-corrected chi connectivity index (χ1v) is 11.1. The first-order chi connectivity index (χ1) is 14.9. The average Bonchev–Trinajstić information content (AvgIpc) is 2.77. The van der Waals surface area contributed by atoms with E-state index >= 15 is 0 Å². The lowest BCUT2D eigenvalue weighted by molar-refractivity contribution is -0.123. The molecule has 168 valence electrons. The highest BCUT2D eigenvalue weighted by atomic mass is 16.5. The van der Waals surface area contributed by atoms with Crippen LogP contribution in [0.4, 0.5) is 0 Å². The summed E-state index contributed by atoms with van der Waals surface area (Å²) in [7, 11) is 0. The number of amides is 2. The summed E-state index contributed by atoms with van der Waals surface area (Å²) in [4.78, 5) is 27.7. The van der Waals surface area contributed by atoms with Crippen LogP contribution < -0.4 is 15.4 Å². The molecule has 0 unspecified atom stereocenters. The molecule has 0 aliphatic rings. The van der Waals surface area contributed by atoms with E-state index in [4.69, 9.17) is 4.74 Å². The fourth-order valence-electron chi connectivity index (χ4n) is 3.24. The van der Waals surface area contributed by atoms with Crippen molar-refractivity contribution in [2.45, 2.75) is 40.2 Å². The molecule has 0 aliphatic carbocycles. The molecule has 6 nitrogen and oxygen atoms in total. The van der Waals surface area contributed by atoms with Crippen molar-refractivity contribution in [1.82, 2.24) is 15.5 Å². The van der Waals surface area contributed by atoms with Gasteiger partial charge in [-0.05, 0) is 61.8 Å². The van der Waals surface area contributed by atoms with Crippen LogP contribution in [0.15, 0.2) is 54.6 Å². The molecule has 2 rings (SSSR count). The van der Waals surface area contributed by atoms with E-state index in [0.717, 1.165) is 25.4 Å². The second-order valence-corrected chi connectivity index (χ2v) is 7.91. The van der Waals surface area contributed by atoms with Gasteiger partial charge in [0.1, 0.15) is 17.5 Å². The highest BCUT2D eigenvalue weighted by molar-refractivity contribution is 5.97. The zero-order chi connectivity index (χ0) is 22.6. The first kappa shape index (κ1) is 24.4. The number of hydrogen-bond acceptors (Lipinski definition) is 4. The van der Waals surface area contributed by atoms with Gasteiger partial charge in [0.25, 0.3) is 5.91 Å². The maximum atomic E-state index is 12.7. The third-order valence-corrected chi connectivity index (χ3v) is 5.05. The van der Waals surface area contributed by atoms with E-state index in [1.165, 1.54) is 0 Å². The Morgan fingerprint density at radius 3 is 2.13 bits per heavy atom. The summed E-state index contributed by atoms with van der Waals surface area (Å²) in [5.74, 6) is 1.25. The van der Waals surface area contributed by atoms with Gasteiger partial charge in [0.2, 0.25) is 5.91 Å². The number of nitrogens with one attached hydrogen (secondary N) is 2. The molecule has 0 bridgehead atoms. The molecule has 2 N–H and O–H groups in total. The summed E-state index contributed by atoms with van der Waals surface area (Å²) in [6.45, 7) is 11.5. The number of carbonyl (C=O) groups is 2. The maximum absolute atomic E-state index is 12.7. The lowest BCUT2D eigenvalue weighted by atomic mass is 10.0. The van der Waals surface area contributed by atoms with E-state index in [1.54, 1.807) is 24.3 Å². The van der Waals surface area contributed by atoms with Crippen LogP contribution in [0.2, 0.25) is 0 Å². The van der Waals surface area contributed by atoms with Gasteiger partial charge in [-0.25, -0.2) is 0 Å². The molecule has 0 fully saturated rings. The Morgan fingerprint density at radius 2 is 1.55 bits per heavy atom. The molecule has 0 spiro atoms. The summed E-state index contributed by atoms with van der Waals surface area (Å²) in [5, 5.41) is 5.86. The number of hydrogen-bond donors (Lipinski definition) is 2. The topological polar surface area (TPSA) is 70.7 Å². The van der Waals surface area contributed by atoms with E-state index in [9.17, 15) is 9.59 Å². The number of nitrogens with zero attached hydrogens (tertiary/aromatic N) is 1. The molecule has 31 heavy (non-hydrogen) atoms. The van der Waals surface area contributed by atoms with Crippen molar-refractivity contribution in [3.05, 3.63) is 60.2 Å².